The lowest BCUT2D eigenvalue weighted by molar-refractivity contribution is -0.137. The van der Waals surface area contributed by atoms with Gasteiger partial charge in [-0.15, -0.1) is 11.8 Å². The van der Waals surface area contributed by atoms with Crippen LogP contribution in [0.5, 0.6) is 0 Å². The molecule has 0 bridgehead atoms. The standard InChI is InChI=1S/C15H22N2O3S/c1-10(11(2)16)15(19)17-13-6-4-5-12(7-13)8-21-9-14(18)20-3/h4-7,10-11H,8-9,16H2,1-3H3,(H,17,19). The molecule has 0 fully saturated rings. The van der Waals surface area contributed by atoms with Gasteiger partial charge in [0.05, 0.1) is 18.8 Å². The Morgan fingerprint density at radius 3 is 2.71 bits per heavy atom. The molecular weight excluding hydrogens is 288 g/mol. The van der Waals surface area contributed by atoms with Crippen molar-refractivity contribution in [2.75, 3.05) is 18.2 Å². The second-order valence-corrected chi connectivity index (χ2v) is 5.89. The maximum absolute atomic E-state index is 11.9. The molecule has 3 N–H and O–H groups in total. The zero-order valence-electron chi connectivity index (χ0n) is 12.6. The summed E-state index contributed by atoms with van der Waals surface area (Å²) in [5.74, 6) is 0.415. The van der Waals surface area contributed by atoms with Gasteiger partial charge in [0.25, 0.3) is 0 Å². The minimum atomic E-state index is -0.248. The normalized spacial score (nSPS) is 13.3. The van der Waals surface area contributed by atoms with E-state index in [-0.39, 0.29) is 23.8 Å². The van der Waals surface area contributed by atoms with Crippen LogP contribution in [0.25, 0.3) is 0 Å². The molecule has 0 aliphatic rings. The van der Waals surface area contributed by atoms with Gasteiger partial charge in [0.2, 0.25) is 5.91 Å². The number of carbonyl (C=O) groups is 2. The minimum absolute atomic E-state index is 0.0932. The third-order valence-electron chi connectivity index (χ3n) is 3.11. The number of thioether (sulfide) groups is 1. The van der Waals surface area contributed by atoms with Crippen molar-refractivity contribution in [2.24, 2.45) is 11.7 Å². The molecule has 116 valence electrons. The van der Waals surface area contributed by atoms with Crippen LogP contribution in [0.3, 0.4) is 0 Å². The number of nitrogens with two attached hydrogens (primary N) is 1. The monoisotopic (exact) mass is 310 g/mol. The summed E-state index contributed by atoms with van der Waals surface area (Å²) in [5.41, 5.74) is 7.50. The van der Waals surface area contributed by atoms with Gasteiger partial charge in [-0.25, -0.2) is 0 Å². The predicted molar refractivity (Wildman–Crippen MR) is 86.1 cm³/mol. The van der Waals surface area contributed by atoms with Crippen molar-refractivity contribution < 1.29 is 14.3 Å². The van der Waals surface area contributed by atoms with Crippen LogP contribution in [0, 0.1) is 5.92 Å². The lowest BCUT2D eigenvalue weighted by Gasteiger charge is -2.15. The van der Waals surface area contributed by atoms with Crippen LogP contribution >= 0.6 is 11.8 Å². The van der Waals surface area contributed by atoms with Crippen molar-refractivity contribution in [3.8, 4) is 0 Å². The third kappa shape index (κ3) is 6.18. The number of nitrogens with one attached hydrogen (secondary N) is 1. The number of methoxy groups -OCH3 is 1. The molecule has 0 radical (unpaired) electrons. The van der Waals surface area contributed by atoms with E-state index in [0.717, 1.165) is 11.3 Å². The first-order valence-electron chi connectivity index (χ1n) is 6.74. The van der Waals surface area contributed by atoms with E-state index in [9.17, 15) is 9.59 Å². The van der Waals surface area contributed by atoms with E-state index in [1.807, 2.05) is 31.2 Å². The molecule has 0 spiro atoms. The maximum atomic E-state index is 11.9. The zero-order valence-corrected chi connectivity index (χ0v) is 13.4. The van der Waals surface area contributed by atoms with Crippen LogP contribution in [-0.4, -0.2) is 30.8 Å². The molecule has 21 heavy (non-hydrogen) atoms. The summed E-state index contributed by atoms with van der Waals surface area (Å²) < 4.78 is 4.58. The fourth-order valence-electron chi connectivity index (χ4n) is 1.54. The fraction of sp³-hybridized carbons (Fsp3) is 0.467. The van der Waals surface area contributed by atoms with E-state index in [0.29, 0.717) is 11.5 Å². The molecule has 0 aliphatic carbocycles. The lowest BCUT2D eigenvalue weighted by atomic mass is 10.0. The highest BCUT2D eigenvalue weighted by molar-refractivity contribution is 7.99. The first-order chi connectivity index (χ1) is 9.93. The highest BCUT2D eigenvalue weighted by Crippen LogP contribution is 2.17. The Morgan fingerprint density at radius 2 is 2.10 bits per heavy atom. The van der Waals surface area contributed by atoms with Gasteiger partial charge in [-0.3, -0.25) is 9.59 Å². The number of hydrogen-bond acceptors (Lipinski definition) is 5. The number of esters is 1. The molecule has 1 aromatic carbocycles. The van der Waals surface area contributed by atoms with Crippen LogP contribution < -0.4 is 11.1 Å². The molecule has 0 saturated heterocycles. The Morgan fingerprint density at radius 1 is 1.38 bits per heavy atom. The fourth-order valence-corrected chi connectivity index (χ4v) is 2.35. The number of anilines is 1. The van der Waals surface area contributed by atoms with Gasteiger partial charge < -0.3 is 15.8 Å². The van der Waals surface area contributed by atoms with E-state index in [1.54, 1.807) is 6.92 Å². The van der Waals surface area contributed by atoms with Crippen molar-refractivity contribution in [1.82, 2.24) is 0 Å². The SMILES string of the molecule is COC(=O)CSCc1cccc(NC(=O)C(C)C(C)N)c1. The van der Waals surface area contributed by atoms with Gasteiger partial charge in [0, 0.05) is 17.5 Å². The van der Waals surface area contributed by atoms with Gasteiger partial charge in [-0.05, 0) is 24.6 Å². The molecule has 1 aromatic rings. The maximum Gasteiger partial charge on any atom is 0.315 e. The van der Waals surface area contributed by atoms with E-state index >= 15 is 0 Å². The molecular formula is C15H22N2O3S. The van der Waals surface area contributed by atoms with Gasteiger partial charge in [-0.1, -0.05) is 19.1 Å². The Kier molecular flexibility index (Phi) is 7.25. The highest BCUT2D eigenvalue weighted by Gasteiger charge is 2.16. The van der Waals surface area contributed by atoms with Crippen LogP contribution in [0.1, 0.15) is 19.4 Å². The predicted octanol–water partition coefficient (Wildman–Crippen LogP) is 2.01. The van der Waals surface area contributed by atoms with Crippen molar-refractivity contribution in [3.63, 3.8) is 0 Å². The Balaban J connectivity index is 2.56. The smallest absolute Gasteiger partial charge is 0.315 e. The highest BCUT2D eigenvalue weighted by atomic mass is 32.2. The molecule has 0 aliphatic heterocycles. The van der Waals surface area contributed by atoms with Crippen molar-refractivity contribution in [3.05, 3.63) is 29.8 Å². The summed E-state index contributed by atoms with van der Waals surface area (Å²) >= 11 is 1.47. The second kappa shape index (κ2) is 8.69. The zero-order chi connectivity index (χ0) is 15.8. The number of rotatable bonds is 7. The molecule has 1 amide bonds. The van der Waals surface area contributed by atoms with E-state index in [1.165, 1.54) is 18.9 Å². The number of hydrogen-bond donors (Lipinski definition) is 2. The third-order valence-corrected chi connectivity index (χ3v) is 4.09. The molecule has 5 nitrogen and oxygen atoms in total. The van der Waals surface area contributed by atoms with Crippen LogP contribution in [0.2, 0.25) is 0 Å². The van der Waals surface area contributed by atoms with Gasteiger partial charge >= 0.3 is 5.97 Å². The lowest BCUT2D eigenvalue weighted by Crippen LogP contribution is -2.34. The summed E-state index contributed by atoms with van der Waals surface area (Å²) in [7, 11) is 1.37. The number of benzene rings is 1. The van der Waals surface area contributed by atoms with Crippen LogP contribution in [0.4, 0.5) is 5.69 Å². The average Bonchev–Trinajstić information content (AvgIpc) is 2.46. The Hall–Kier alpha value is -1.53. The molecule has 6 heteroatoms. The number of carbonyl (C=O) groups excluding carboxylic acids is 2. The second-order valence-electron chi connectivity index (χ2n) is 4.91. The Labute approximate surface area is 129 Å². The van der Waals surface area contributed by atoms with Gasteiger partial charge in [-0.2, -0.15) is 0 Å². The number of amides is 1. The van der Waals surface area contributed by atoms with Gasteiger partial charge in [0.15, 0.2) is 0 Å². The molecule has 0 heterocycles. The topological polar surface area (TPSA) is 81.4 Å². The van der Waals surface area contributed by atoms with E-state index in [2.05, 4.69) is 10.1 Å². The van der Waals surface area contributed by atoms with Crippen molar-refractivity contribution in [1.29, 1.82) is 0 Å². The van der Waals surface area contributed by atoms with Gasteiger partial charge in [0.1, 0.15) is 0 Å². The summed E-state index contributed by atoms with van der Waals surface area (Å²) in [5, 5.41) is 2.85. The van der Waals surface area contributed by atoms with E-state index in [4.69, 9.17) is 5.73 Å². The summed E-state index contributed by atoms with van der Waals surface area (Å²) in [6.45, 7) is 3.61. The summed E-state index contributed by atoms with van der Waals surface area (Å²) in [4.78, 5) is 23.0. The molecule has 0 saturated carbocycles. The van der Waals surface area contributed by atoms with Crippen molar-refractivity contribution >= 4 is 29.3 Å². The molecule has 1 rings (SSSR count). The van der Waals surface area contributed by atoms with Crippen LogP contribution in [-0.2, 0) is 20.1 Å². The molecule has 2 unspecified atom stereocenters. The summed E-state index contributed by atoms with van der Waals surface area (Å²) in [6, 6.07) is 7.37. The van der Waals surface area contributed by atoms with E-state index < -0.39 is 0 Å². The average molecular weight is 310 g/mol. The number of ether oxygens (including phenoxy) is 1. The Bertz CT molecular complexity index is 492. The first kappa shape index (κ1) is 17.5. The largest absolute Gasteiger partial charge is 0.468 e. The minimum Gasteiger partial charge on any atom is -0.468 e. The quantitative estimate of drug-likeness (QED) is 0.753. The summed E-state index contributed by atoms with van der Waals surface area (Å²) in [6.07, 6.45) is 0. The molecule has 2 atom stereocenters. The molecule has 0 aromatic heterocycles. The first-order valence-corrected chi connectivity index (χ1v) is 7.89. The van der Waals surface area contributed by atoms with Crippen molar-refractivity contribution in [2.45, 2.75) is 25.6 Å². The van der Waals surface area contributed by atoms with Crippen LogP contribution in [0.15, 0.2) is 24.3 Å².